The van der Waals surface area contributed by atoms with Crippen LogP contribution in [-0.2, 0) is 13.0 Å². The van der Waals surface area contributed by atoms with Gasteiger partial charge < -0.3 is 15.5 Å². The van der Waals surface area contributed by atoms with Gasteiger partial charge in [0.15, 0.2) is 0 Å². The first-order chi connectivity index (χ1) is 16.3. The van der Waals surface area contributed by atoms with Crippen LogP contribution in [0.4, 0.5) is 0 Å². The Bertz CT molecular complexity index is 1190. The lowest BCUT2D eigenvalue weighted by molar-refractivity contribution is 0.0986. The molecule has 0 bridgehead atoms. The number of benzene rings is 2. The highest BCUT2D eigenvalue weighted by atomic mass is 16.5. The molecule has 0 amide bonds. The van der Waals surface area contributed by atoms with Gasteiger partial charge in [-0.25, -0.2) is 4.98 Å². The summed E-state index contributed by atoms with van der Waals surface area (Å²) in [6, 6.07) is 21.1. The molecule has 170 valence electrons. The Kier molecular flexibility index (Phi) is 6.37. The van der Waals surface area contributed by atoms with Crippen molar-refractivity contribution in [3.05, 3.63) is 89.5 Å². The van der Waals surface area contributed by atoms with Crippen molar-refractivity contribution < 1.29 is 4.74 Å². The lowest BCUT2D eigenvalue weighted by Gasteiger charge is -2.40. The summed E-state index contributed by atoms with van der Waals surface area (Å²) in [7, 11) is 1.71. The highest BCUT2D eigenvalue weighted by Crippen LogP contribution is 2.40. The summed E-state index contributed by atoms with van der Waals surface area (Å²) in [5.41, 5.74) is 12.0. The number of aromatic amines is 1. The van der Waals surface area contributed by atoms with Crippen LogP contribution in [0.25, 0.3) is 11.0 Å². The maximum atomic E-state index is 6.16. The van der Waals surface area contributed by atoms with Crippen molar-refractivity contribution in [3.63, 3.8) is 0 Å². The first-order valence-electron chi connectivity index (χ1n) is 11.7. The van der Waals surface area contributed by atoms with E-state index in [9.17, 15) is 0 Å². The first kappa shape index (κ1) is 21.6. The molecule has 3 N–H and O–H groups in total. The zero-order valence-corrected chi connectivity index (χ0v) is 19.1. The van der Waals surface area contributed by atoms with E-state index in [0.29, 0.717) is 13.1 Å². The number of aryl methyl sites for hydroxylation is 1. The van der Waals surface area contributed by atoms with E-state index in [0.717, 1.165) is 48.3 Å². The number of ether oxygens (including phenoxy) is 1. The van der Waals surface area contributed by atoms with E-state index in [1.807, 2.05) is 30.5 Å². The number of nitrogens with zero attached hydrogens (tertiary/aromatic N) is 3. The summed E-state index contributed by atoms with van der Waals surface area (Å²) < 4.78 is 5.54. The second-order valence-corrected chi connectivity index (χ2v) is 8.70. The number of nitrogens with one attached hydrogen (secondary N) is 1. The molecule has 6 nitrogen and oxygen atoms in total. The maximum Gasteiger partial charge on any atom is 0.121 e. The van der Waals surface area contributed by atoms with Crippen LogP contribution in [0.3, 0.4) is 0 Å². The van der Waals surface area contributed by atoms with E-state index >= 15 is 0 Å². The van der Waals surface area contributed by atoms with Gasteiger partial charge in [-0.15, -0.1) is 0 Å². The topological polar surface area (TPSA) is 80.1 Å². The fourth-order valence-electron chi connectivity index (χ4n) is 5.13. The third-order valence-corrected chi connectivity index (χ3v) is 6.66. The molecular weight excluding hydrogens is 410 g/mol. The molecule has 0 spiro atoms. The number of hydrogen-bond acceptors (Lipinski definition) is 5. The molecule has 2 heterocycles. The molecule has 2 unspecified atom stereocenters. The summed E-state index contributed by atoms with van der Waals surface area (Å²) in [5.74, 6) is 1.82. The minimum atomic E-state index is 0.122. The van der Waals surface area contributed by atoms with Crippen molar-refractivity contribution in [2.24, 2.45) is 5.73 Å². The van der Waals surface area contributed by atoms with Gasteiger partial charge in [0.2, 0.25) is 0 Å². The van der Waals surface area contributed by atoms with Gasteiger partial charge in [0.05, 0.1) is 36.4 Å². The zero-order valence-electron chi connectivity index (χ0n) is 19.1. The Labute approximate surface area is 194 Å². The van der Waals surface area contributed by atoms with E-state index in [4.69, 9.17) is 20.4 Å². The zero-order chi connectivity index (χ0) is 22.6. The molecule has 33 heavy (non-hydrogen) atoms. The predicted molar refractivity (Wildman–Crippen MR) is 131 cm³/mol. The van der Waals surface area contributed by atoms with Crippen molar-refractivity contribution in [1.29, 1.82) is 0 Å². The van der Waals surface area contributed by atoms with Crippen LogP contribution in [0.5, 0.6) is 5.75 Å². The van der Waals surface area contributed by atoms with Gasteiger partial charge in [-0.1, -0.05) is 30.3 Å². The number of para-hydroxylation sites is 2. The number of rotatable bonds is 8. The van der Waals surface area contributed by atoms with Gasteiger partial charge in [-0.3, -0.25) is 9.88 Å². The number of fused-ring (bicyclic) bond motifs is 2. The number of hydrogen-bond donors (Lipinski definition) is 2. The molecule has 2 aromatic heterocycles. The fraction of sp³-hybridized carbons (Fsp3) is 0.333. The van der Waals surface area contributed by atoms with Gasteiger partial charge >= 0.3 is 0 Å². The Morgan fingerprint density at radius 1 is 1.15 bits per heavy atom. The smallest absolute Gasteiger partial charge is 0.121 e. The lowest BCUT2D eigenvalue weighted by Crippen LogP contribution is -2.36. The van der Waals surface area contributed by atoms with Crippen molar-refractivity contribution in [2.75, 3.05) is 13.7 Å². The van der Waals surface area contributed by atoms with E-state index in [1.165, 1.54) is 16.8 Å². The Balaban J connectivity index is 1.59. The van der Waals surface area contributed by atoms with Crippen molar-refractivity contribution in [3.8, 4) is 5.75 Å². The average Bonchev–Trinajstić information content (AvgIpc) is 3.28. The normalized spacial score (nSPS) is 16.6. The second-order valence-electron chi connectivity index (χ2n) is 8.70. The second kappa shape index (κ2) is 9.73. The highest BCUT2D eigenvalue weighted by molar-refractivity contribution is 5.74. The average molecular weight is 442 g/mol. The Hall–Kier alpha value is -3.22. The SMILES string of the molecule is COc1cccc(C(CCN)N(Cc2nc3ccccc3[nH]2)C2CCCc3cccnc32)c1. The van der Waals surface area contributed by atoms with Crippen LogP contribution in [0.2, 0.25) is 0 Å². The van der Waals surface area contributed by atoms with E-state index in [-0.39, 0.29) is 12.1 Å². The molecule has 5 rings (SSSR count). The molecule has 1 aliphatic rings. The minimum Gasteiger partial charge on any atom is -0.497 e. The maximum absolute atomic E-state index is 6.16. The van der Waals surface area contributed by atoms with Crippen LogP contribution < -0.4 is 10.5 Å². The molecule has 0 saturated carbocycles. The molecule has 0 saturated heterocycles. The van der Waals surface area contributed by atoms with Crippen molar-refractivity contribution in [1.82, 2.24) is 19.9 Å². The monoisotopic (exact) mass is 441 g/mol. The molecule has 6 heteroatoms. The van der Waals surface area contributed by atoms with Crippen molar-refractivity contribution >= 4 is 11.0 Å². The molecule has 4 aromatic rings. The Morgan fingerprint density at radius 3 is 2.91 bits per heavy atom. The van der Waals surface area contributed by atoms with E-state index < -0.39 is 0 Å². The number of imidazole rings is 1. The van der Waals surface area contributed by atoms with Crippen LogP contribution >= 0.6 is 0 Å². The summed E-state index contributed by atoms with van der Waals surface area (Å²) in [5, 5.41) is 0. The van der Waals surface area contributed by atoms with Gasteiger partial charge in [0.25, 0.3) is 0 Å². The summed E-state index contributed by atoms with van der Waals surface area (Å²) in [6.07, 6.45) is 6.05. The summed E-state index contributed by atoms with van der Waals surface area (Å²) in [6.45, 7) is 1.29. The van der Waals surface area contributed by atoms with Gasteiger partial charge in [0.1, 0.15) is 11.6 Å². The molecule has 0 aliphatic heterocycles. The number of nitrogens with two attached hydrogens (primary N) is 1. The van der Waals surface area contributed by atoms with Crippen LogP contribution in [0, 0.1) is 0 Å². The fourth-order valence-corrected chi connectivity index (χ4v) is 5.13. The quantitative estimate of drug-likeness (QED) is 0.405. The summed E-state index contributed by atoms with van der Waals surface area (Å²) >= 11 is 0. The standard InChI is InChI=1S/C27H31N5O/c1-33-21-10-4-8-20(17-21)24(14-15-28)32(18-26-30-22-11-2-3-12-23(22)31-26)25-13-5-7-19-9-6-16-29-27(19)25/h2-4,6,8-12,16-17,24-25H,5,7,13-15,18,28H2,1H3,(H,30,31). The molecular formula is C27H31N5O. The van der Waals surface area contributed by atoms with Gasteiger partial charge in [-0.05, 0) is 73.7 Å². The molecule has 2 atom stereocenters. The highest BCUT2D eigenvalue weighted by Gasteiger charge is 2.33. The van der Waals surface area contributed by atoms with Crippen LogP contribution in [0.1, 0.15) is 54.0 Å². The number of H-pyrrole nitrogens is 1. The van der Waals surface area contributed by atoms with E-state index in [1.54, 1.807) is 7.11 Å². The van der Waals surface area contributed by atoms with Crippen molar-refractivity contribution in [2.45, 2.75) is 44.3 Å². The molecule has 0 radical (unpaired) electrons. The number of pyridine rings is 1. The number of methoxy groups -OCH3 is 1. The first-order valence-corrected chi connectivity index (χ1v) is 11.7. The number of aromatic nitrogens is 3. The third-order valence-electron chi connectivity index (χ3n) is 6.66. The summed E-state index contributed by atoms with van der Waals surface area (Å²) in [4.78, 5) is 15.8. The molecule has 2 aromatic carbocycles. The van der Waals surface area contributed by atoms with Crippen LogP contribution in [-0.4, -0.2) is 33.5 Å². The van der Waals surface area contributed by atoms with E-state index in [2.05, 4.69) is 46.3 Å². The van der Waals surface area contributed by atoms with Gasteiger partial charge in [-0.2, -0.15) is 0 Å². The molecule has 0 fully saturated rings. The lowest BCUT2D eigenvalue weighted by atomic mass is 9.88. The van der Waals surface area contributed by atoms with Gasteiger partial charge in [0, 0.05) is 12.2 Å². The Morgan fingerprint density at radius 2 is 2.06 bits per heavy atom. The predicted octanol–water partition coefficient (Wildman–Crippen LogP) is 4.94. The minimum absolute atomic E-state index is 0.122. The molecule has 1 aliphatic carbocycles. The van der Waals surface area contributed by atoms with Crippen LogP contribution in [0.15, 0.2) is 66.9 Å². The largest absolute Gasteiger partial charge is 0.497 e. The third kappa shape index (κ3) is 4.49.